The van der Waals surface area contributed by atoms with Crippen LogP contribution < -0.4 is 10.6 Å². The predicted octanol–water partition coefficient (Wildman–Crippen LogP) is 0.965. The molecular weight excluding hydrogens is 346 g/mol. The third kappa shape index (κ3) is 3.86. The van der Waals surface area contributed by atoms with E-state index in [1.54, 1.807) is 35.3 Å². The fraction of sp³-hybridized carbons (Fsp3) is 0.278. The molecule has 1 aliphatic heterocycles. The minimum Gasteiger partial charge on any atom is -0.432 e. The Bertz CT molecular complexity index is 974. The largest absolute Gasteiger partial charge is 0.432 e. The van der Waals surface area contributed by atoms with E-state index in [1.165, 1.54) is 12.5 Å². The monoisotopic (exact) mass is 363 g/mol. The van der Waals surface area contributed by atoms with E-state index in [4.69, 9.17) is 9.68 Å². The Morgan fingerprint density at radius 3 is 3.22 bits per heavy atom. The SMILES string of the molecule is N#Cc1cccc(-c2cnc(C(=O)N[C@H]3CN[C@H](Cn4cncn4)C3)o2)c1. The molecule has 4 rings (SSSR count). The maximum atomic E-state index is 12.4. The van der Waals surface area contributed by atoms with Crippen LogP contribution in [0.4, 0.5) is 0 Å². The molecule has 1 amide bonds. The lowest BCUT2D eigenvalue weighted by atomic mass is 10.1. The summed E-state index contributed by atoms with van der Waals surface area (Å²) in [6.07, 6.45) is 5.44. The van der Waals surface area contributed by atoms with Crippen LogP contribution in [0.15, 0.2) is 47.5 Å². The summed E-state index contributed by atoms with van der Waals surface area (Å²) < 4.78 is 7.34. The summed E-state index contributed by atoms with van der Waals surface area (Å²) in [5.74, 6) is 0.101. The lowest BCUT2D eigenvalue weighted by molar-refractivity contribution is 0.0905. The van der Waals surface area contributed by atoms with Crippen molar-refractivity contribution in [3.8, 4) is 17.4 Å². The average Bonchev–Trinajstić information content (AvgIpc) is 3.44. The third-order valence-electron chi connectivity index (χ3n) is 4.41. The average molecular weight is 363 g/mol. The second kappa shape index (κ2) is 7.39. The van der Waals surface area contributed by atoms with Gasteiger partial charge in [0.15, 0.2) is 5.76 Å². The van der Waals surface area contributed by atoms with Gasteiger partial charge < -0.3 is 15.1 Å². The Morgan fingerprint density at radius 1 is 1.48 bits per heavy atom. The maximum absolute atomic E-state index is 12.4. The van der Waals surface area contributed by atoms with E-state index in [2.05, 4.69) is 31.8 Å². The van der Waals surface area contributed by atoms with Gasteiger partial charge in [0, 0.05) is 24.2 Å². The molecule has 2 N–H and O–H groups in total. The Hall–Kier alpha value is -3.51. The number of hydrogen-bond acceptors (Lipinski definition) is 7. The molecule has 0 saturated carbocycles. The van der Waals surface area contributed by atoms with Crippen molar-refractivity contribution in [2.24, 2.45) is 0 Å². The van der Waals surface area contributed by atoms with E-state index >= 15 is 0 Å². The minimum absolute atomic E-state index is 0.00656. The highest BCUT2D eigenvalue weighted by molar-refractivity contribution is 5.90. The number of carbonyl (C=O) groups is 1. The summed E-state index contributed by atoms with van der Waals surface area (Å²) in [6.45, 7) is 1.37. The standard InChI is InChI=1S/C18H17N7O2/c19-6-12-2-1-3-13(4-12)16-8-22-18(27-16)17(26)24-14-5-15(21-7-14)9-25-11-20-10-23-25/h1-4,8,10-11,14-15,21H,5,7,9H2,(H,24,26)/t14-,15+/m1/s1. The zero-order chi connectivity index (χ0) is 18.6. The third-order valence-corrected chi connectivity index (χ3v) is 4.41. The Kier molecular flexibility index (Phi) is 4.63. The smallest absolute Gasteiger partial charge is 0.307 e. The molecule has 1 saturated heterocycles. The van der Waals surface area contributed by atoms with Gasteiger partial charge >= 0.3 is 5.91 Å². The van der Waals surface area contributed by atoms with Crippen LogP contribution >= 0.6 is 0 Å². The summed E-state index contributed by atoms with van der Waals surface area (Å²) in [5.41, 5.74) is 1.22. The van der Waals surface area contributed by atoms with Crippen molar-refractivity contribution in [2.45, 2.75) is 25.0 Å². The Balaban J connectivity index is 1.36. The van der Waals surface area contributed by atoms with Gasteiger partial charge in [-0.3, -0.25) is 9.48 Å². The van der Waals surface area contributed by atoms with Gasteiger partial charge in [-0.15, -0.1) is 0 Å². The lowest BCUT2D eigenvalue weighted by Crippen LogP contribution is -2.36. The van der Waals surface area contributed by atoms with E-state index in [9.17, 15) is 4.79 Å². The van der Waals surface area contributed by atoms with E-state index in [0.717, 1.165) is 6.42 Å². The van der Waals surface area contributed by atoms with Crippen molar-refractivity contribution in [3.05, 3.63) is 54.6 Å². The van der Waals surface area contributed by atoms with E-state index in [0.29, 0.717) is 30.0 Å². The molecule has 3 heterocycles. The van der Waals surface area contributed by atoms with Gasteiger partial charge in [0.25, 0.3) is 5.89 Å². The van der Waals surface area contributed by atoms with Gasteiger partial charge in [-0.25, -0.2) is 9.97 Å². The molecule has 0 spiro atoms. The van der Waals surface area contributed by atoms with Crippen LogP contribution in [-0.4, -0.2) is 44.3 Å². The van der Waals surface area contributed by atoms with Crippen LogP contribution in [-0.2, 0) is 6.54 Å². The molecule has 136 valence electrons. The highest BCUT2D eigenvalue weighted by atomic mass is 16.4. The van der Waals surface area contributed by atoms with Crippen molar-refractivity contribution >= 4 is 5.91 Å². The van der Waals surface area contributed by atoms with Crippen LogP contribution in [0.25, 0.3) is 11.3 Å². The number of nitrogens with zero attached hydrogens (tertiary/aromatic N) is 5. The van der Waals surface area contributed by atoms with E-state index in [-0.39, 0.29) is 23.9 Å². The fourth-order valence-electron chi connectivity index (χ4n) is 3.12. The number of benzene rings is 1. The molecule has 1 aliphatic rings. The highest BCUT2D eigenvalue weighted by Crippen LogP contribution is 2.21. The van der Waals surface area contributed by atoms with Crippen molar-refractivity contribution < 1.29 is 9.21 Å². The van der Waals surface area contributed by atoms with Gasteiger partial charge in [0.2, 0.25) is 0 Å². The fourth-order valence-corrected chi connectivity index (χ4v) is 3.12. The van der Waals surface area contributed by atoms with Gasteiger partial charge in [-0.1, -0.05) is 12.1 Å². The first-order valence-corrected chi connectivity index (χ1v) is 8.54. The molecule has 9 nitrogen and oxygen atoms in total. The van der Waals surface area contributed by atoms with Crippen LogP contribution in [0.5, 0.6) is 0 Å². The zero-order valence-electron chi connectivity index (χ0n) is 14.4. The lowest BCUT2D eigenvalue weighted by Gasteiger charge is -2.11. The van der Waals surface area contributed by atoms with Crippen molar-refractivity contribution in [2.75, 3.05) is 6.54 Å². The first-order valence-electron chi connectivity index (χ1n) is 8.54. The number of nitriles is 1. The summed E-state index contributed by atoms with van der Waals surface area (Å²) in [6, 6.07) is 9.24. The first kappa shape index (κ1) is 16.9. The van der Waals surface area contributed by atoms with Gasteiger partial charge in [-0.05, 0) is 18.6 Å². The van der Waals surface area contributed by atoms with Gasteiger partial charge in [-0.2, -0.15) is 10.4 Å². The second-order valence-corrected chi connectivity index (χ2v) is 6.35. The molecule has 9 heteroatoms. The molecule has 2 aromatic heterocycles. The number of rotatable bonds is 5. The predicted molar refractivity (Wildman–Crippen MR) is 94.3 cm³/mol. The molecule has 1 aromatic carbocycles. The second-order valence-electron chi connectivity index (χ2n) is 6.35. The normalized spacial score (nSPS) is 18.9. The summed E-state index contributed by atoms with van der Waals surface area (Å²) >= 11 is 0. The Morgan fingerprint density at radius 2 is 2.41 bits per heavy atom. The van der Waals surface area contributed by atoms with Crippen LogP contribution in [0.2, 0.25) is 0 Å². The van der Waals surface area contributed by atoms with Crippen LogP contribution in [0.1, 0.15) is 22.7 Å². The molecule has 3 aromatic rings. The summed E-state index contributed by atoms with van der Waals surface area (Å²) in [4.78, 5) is 20.4. The molecule has 1 fully saturated rings. The van der Waals surface area contributed by atoms with Crippen molar-refractivity contribution in [1.29, 1.82) is 5.26 Å². The number of oxazole rings is 1. The molecule has 2 atom stereocenters. The van der Waals surface area contributed by atoms with Crippen LogP contribution in [0, 0.1) is 11.3 Å². The van der Waals surface area contributed by atoms with Gasteiger partial charge in [0.05, 0.1) is 24.4 Å². The van der Waals surface area contributed by atoms with Crippen molar-refractivity contribution in [1.82, 2.24) is 30.4 Å². The molecule has 27 heavy (non-hydrogen) atoms. The van der Waals surface area contributed by atoms with Gasteiger partial charge in [0.1, 0.15) is 12.7 Å². The quantitative estimate of drug-likeness (QED) is 0.692. The molecule has 0 radical (unpaired) electrons. The maximum Gasteiger partial charge on any atom is 0.307 e. The number of nitrogens with one attached hydrogen (secondary N) is 2. The molecular formula is C18H17N7O2. The highest BCUT2D eigenvalue weighted by Gasteiger charge is 2.27. The molecule has 0 aliphatic carbocycles. The van der Waals surface area contributed by atoms with Crippen molar-refractivity contribution in [3.63, 3.8) is 0 Å². The topological polar surface area (TPSA) is 122 Å². The molecule has 0 unspecified atom stereocenters. The first-order chi connectivity index (χ1) is 13.2. The number of hydrogen-bond donors (Lipinski definition) is 2. The van der Waals surface area contributed by atoms with Crippen LogP contribution in [0.3, 0.4) is 0 Å². The summed E-state index contributed by atoms with van der Waals surface area (Å²) in [7, 11) is 0. The summed E-state index contributed by atoms with van der Waals surface area (Å²) in [5, 5.41) is 19.4. The zero-order valence-corrected chi connectivity index (χ0v) is 14.4. The van der Waals surface area contributed by atoms with E-state index < -0.39 is 0 Å². The Labute approximate surface area is 155 Å². The molecule has 0 bridgehead atoms. The number of amides is 1. The number of aromatic nitrogens is 4. The van der Waals surface area contributed by atoms with E-state index in [1.807, 2.05) is 0 Å². The number of carbonyl (C=O) groups excluding carboxylic acids is 1. The minimum atomic E-state index is -0.356.